The summed E-state index contributed by atoms with van der Waals surface area (Å²) in [6.45, 7) is 0. The fourth-order valence-electron chi connectivity index (χ4n) is 4.42. The van der Waals surface area contributed by atoms with Crippen molar-refractivity contribution in [1.82, 2.24) is 4.98 Å². The van der Waals surface area contributed by atoms with E-state index in [0.29, 0.717) is 12.0 Å². The Morgan fingerprint density at radius 1 is 1.22 bits per heavy atom. The van der Waals surface area contributed by atoms with E-state index < -0.39 is 0 Å². The van der Waals surface area contributed by atoms with Crippen LogP contribution in [0.5, 0.6) is 0 Å². The summed E-state index contributed by atoms with van der Waals surface area (Å²) in [6.07, 6.45) is 9.95. The predicted molar refractivity (Wildman–Crippen MR) is 72.2 cm³/mol. The highest BCUT2D eigenvalue weighted by Crippen LogP contribution is 2.56. The first kappa shape index (κ1) is 11.0. The molecular weight excluding hydrogens is 220 g/mol. The minimum atomic E-state index is 0.353. The lowest BCUT2D eigenvalue weighted by Crippen LogP contribution is -2.37. The summed E-state index contributed by atoms with van der Waals surface area (Å²) < 4.78 is 0. The topological polar surface area (TPSA) is 38.9 Å². The Kier molecular flexibility index (Phi) is 2.47. The molecule has 96 valence electrons. The van der Waals surface area contributed by atoms with Crippen LogP contribution in [0.1, 0.15) is 49.3 Å². The van der Waals surface area contributed by atoms with Crippen LogP contribution < -0.4 is 5.73 Å². The minimum absolute atomic E-state index is 0.353. The molecule has 4 unspecified atom stereocenters. The van der Waals surface area contributed by atoms with Gasteiger partial charge in [0.15, 0.2) is 0 Å². The molecule has 18 heavy (non-hydrogen) atoms. The van der Waals surface area contributed by atoms with Crippen LogP contribution in [0.25, 0.3) is 0 Å². The van der Waals surface area contributed by atoms with Crippen LogP contribution in [-0.2, 0) is 6.42 Å². The van der Waals surface area contributed by atoms with E-state index in [2.05, 4.69) is 17.1 Å². The Labute approximate surface area is 109 Å². The van der Waals surface area contributed by atoms with Crippen molar-refractivity contribution < 1.29 is 0 Å². The molecule has 0 amide bonds. The summed E-state index contributed by atoms with van der Waals surface area (Å²) >= 11 is 0. The zero-order valence-corrected chi connectivity index (χ0v) is 10.9. The molecule has 2 nitrogen and oxygen atoms in total. The van der Waals surface area contributed by atoms with Crippen LogP contribution in [0.3, 0.4) is 0 Å². The van der Waals surface area contributed by atoms with Gasteiger partial charge in [-0.2, -0.15) is 0 Å². The van der Waals surface area contributed by atoms with E-state index in [9.17, 15) is 0 Å². The van der Waals surface area contributed by atoms with Gasteiger partial charge in [0, 0.05) is 23.9 Å². The van der Waals surface area contributed by atoms with Gasteiger partial charge in [0.1, 0.15) is 0 Å². The van der Waals surface area contributed by atoms with Crippen LogP contribution in [-0.4, -0.2) is 11.0 Å². The van der Waals surface area contributed by atoms with Gasteiger partial charge in [0.25, 0.3) is 0 Å². The van der Waals surface area contributed by atoms with E-state index in [1.165, 1.54) is 49.8 Å². The van der Waals surface area contributed by atoms with Crippen molar-refractivity contribution in [2.75, 3.05) is 0 Å². The second kappa shape index (κ2) is 4.06. The van der Waals surface area contributed by atoms with Crippen molar-refractivity contribution in [3.8, 4) is 0 Å². The van der Waals surface area contributed by atoms with E-state index >= 15 is 0 Å². The quantitative estimate of drug-likeness (QED) is 0.866. The Hall–Kier alpha value is -0.890. The molecule has 3 aliphatic carbocycles. The second-order valence-electron chi connectivity index (χ2n) is 6.61. The Morgan fingerprint density at radius 3 is 2.89 bits per heavy atom. The second-order valence-corrected chi connectivity index (χ2v) is 6.61. The van der Waals surface area contributed by atoms with Crippen LogP contribution in [0.15, 0.2) is 18.3 Å². The molecule has 0 aliphatic heterocycles. The molecule has 1 aromatic rings. The monoisotopic (exact) mass is 242 g/mol. The first-order valence-electron chi connectivity index (χ1n) is 7.52. The summed E-state index contributed by atoms with van der Waals surface area (Å²) in [7, 11) is 0. The first-order chi connectivity index (χ1) is 8.83. The van der Waals surface area contributed by atoms with Gasteiger partial charge >= 0.3 is 0 Å². The Morgan fingerprint density at radius 2 is 2.06 bits per heavy atom. The third-order valence-corrected chi connectivity index (χ3v) is 5.53. The molecule has 0 bridgehead atoms. The summed E-state index contributed by atoms with van der Waals surface area (Å²) in [4.78, 5) is 4.64. The number of pyridine rings is 1. The van der Waals surface area contributed by atoms with Crippen molar-refractivity contribution in [3.63, 3.8) is 0 Å². The number of nitrogens with zero attached hydrogens (tertiary/aromatic N) is 1. The molecule has 0 saturated heterocycles. The molecule has 2 heteroatoms. The van der Waals surface area contributed by atoms with Gasteiger partial charge in [-0.15, -0.1) is 0 Å². The van der Waals surface area contributed by atoms with Crippen LogP contribution in [0, 0.1) is 17.8 Å². The maximum Gasteiger partial charge on any atom is 0.0481 e. The van der Waals surface area contributed by atoms with Crippen molar-refractivity contribution in [2.45, 2.75) is 50.5 Å². The number of rotatable bonds is 2. The van der Waals surface area contributed by atoms with Crippen LogP contribution in [0.2, 0.25) is 0 Å². The SMILES string of the molecule is NC(C1CC2CC2C1)C1CCCc2cccnc21. The first-order valence-corrected chi connectivity index (χ1v) is 7.52. The van der Waals surface area contributed by atoms with Crippen LogP contribution >= 0.6 is 0 Å². The molecule has 0 spiro atoms. The molecule has 3 aliphatic rings. The Balaban J connectivity index is 1.57. The normalized spacial score (nSPS) is 38.9. The molecule has 1 aromatic heterocycles. The lowest BCUT2D eigenvalue weighted by atomic mass is 9.76. The van der Waals surface area contributed by atoms with Gasteiger partial charge < -0.3 is 5.73 Å². The zero-order valence-electron chi connectivity index (χ0n) is 10.9. The molecule has 2 fully saturated rings. The number of aromatic nitrogens is 1. The van der Waals surface area contributed by atoms with Gasteiger partial charge in [-0.25, -0.2) is 0 Å². The van der Waals surface area contributed by atoms with E-state index in [1.807, 2.05) is 6.20 Å². The standard InChI is InChI=1S/C16H22N2/c17-15(13-8-11-7-12(11)9-13)14-5-1-3-10-4-2-6-18-16(10)14/h2,4,6,11-15H,1,3,5,7-9,17H2. The van der Waals surface area contributed by atoms with Crippen molar-refractivity contribution >= 4 is 0 Å². The van der Waals surface area contributed by atoms with E-state index in [0.717, 1.165) is 17.8 Å². The lowest BCUT2D eigenvalue weighted by molar-refractivity contribution is 0.321. The smallest absolute Gasteiger partial charge is 0.0481 e. The van der Waals surface area contributed by atoms with Crippen molar-refractivity contribution in [3.05, 3.63) is 29.6 Å². The highest BCUT2D eigenvalue weighted by molar-refractivity contribution is 5.27. The average molecular weight is 242 g/mol. The van der Waals surface area contributed by atoms with E-state index in [-0.39, 0.29) is 0 Å². The molecule has 4 rings (SSSR count). The number of fused-ring (bicyclic) bond motifs is 2. The molecule has 1 heterocycles. The van der Waals surface area contributed by atoms with E-state index in [4.69, 9.17) is 5.73 Å². The van der Waals surface area contributed by atoms with Crippen molar-refractivity contribution in [1.29, 1.82) is 0 Å². The highest BCUT2D eigenvalue weighted by Gasteiger charge is 2.48. The van der Waals surface area contributed by atoms with Crippen LogP contribution in [0.4, 0.5) is 0 Å². The predicted octanol–water partition coefficient (Wildman–Crippen LogP) is 2.87. The summed E-state index contributed by atoms with van der Waals surface area (Å²) in [5.74, 6) is 3.37. The lowest BCUT2D eigenvalue weighted by Gasteiger charge is -2.33. The van der Waals surface area contributed by atoms with Gasteiger partial charge in [0.05, 0.1) is 0 Å². The maximum absolute atomic E-state index is 6.61. The summed E-state index contributed by atoms with van der Waals surface area (Å²) in [5.41, 5.74) is 9.38. The van der Waals surface area contributed by atoms with E-state index in [1.54, 1.807) is 0 Å². The fraction of sp³-hybridized carbons (Fsp3) is 0.688. The third-order valence-electron chi connectivity index (χ3n) is 5.53. The zero-order chi connectivity index (χ0) is 12.1. The van der Waals surface area contributed by atoms with Crippen molar-refractivity contribution in [2.24, 2.45) is 23.5 Å². The minimum Gasteiger partial charge on any atom is -0.327 e. The summed E-state index contributed by atoms with van der Waals surface area (Å²) in [6, 6.07) is 4.66. The molecule has 2 saturated carbocycles. The largest absolute Gasteiger partial charge is 0.327 e. The highest BCUT2D eigenvalue weighted by atomic mass is 14.8. The Bertz CT molecular complexity index is 446. The number of nitrogens with two attached hydrogens (primary N) is 1. The third kappa shape index (κ3) is 1.70. The molecule has 4 atom stereocenters. The van der Waals surface area contributed by atoms with Gasteiger partial charge in [-0.05, 0) is 67.9 Å². The summed E-state index contributed by atoms with van der Waals surface area (Å²) in [5, 5.41) is 0. The number of aryl methyl sites for hydroxylation is 1. The molecule has 0 radical (unpaired) electrons. The van der Waals surface area contributed by atoms with Gasteiger partial charge in [-0.1, -0.05) is 6.07 Å². The average Bonchev–Trinajstić information content (AvgIpc) is 3.04. The molecule has 0 aromatic carbocycles. The number of hydrogen-bond donors (Lipinski definition) is 1. The molecular formula is C16H22N2. The van der Waals surface area contributed by atoms with Gasteiger partial charge in [0.2, 0.25) is 0 Å². The molecule has 2 N–H and O–H groups in total. The number of hydrogen-bond acceptors (Lipinski definition) is 2. The maximum atomic E-state index is 6.61. The fourth-order valence-corrected chi connectivity index (χ4v) is 4.42. The van der Waals surface area contributed by atoms with Gasteiger partial charge in [-0.3, -0.25) is 4.98 Å².